The van der Waals surface area contributed by atoms with Gasteiger partial charge in [-0.25, -0.2) is 0 Å². The van der Waals surface area contributed by atoms with Crippen LogP contribution in [0.3, 0.4) is 0 Å². The van der Waals surface area contributed by atoms with E-state index in [9.17, 15) is 10.2 Å². The molecule has 0 bridgehead atoms. The average molecular weight is 615 g/mol. The second kappa shape index (κ2) is 9.41. The number of hydrogen-bond acceptors (Lipinski definition) is 4. The molecule has 0 saturated heterocycles. The van der Waals surface area contributed by atoms with E-state index in [4.69, 9.17) is 0 Å². The third-order valence-electron chi connectivity index (χ3n) is 7.06. The summed E-state index contributed by atoms with van der Waals surface area (Å²) in [4.78, 5) is 4.57. The predicted molar refractivity (Wildman–Crippen MR) is 124 cm³/mol. The zero-order valence-corrected chi connectivity index (χ0v) is 21.8. The van der Waals surface area contributed by atoms with E-state index < -0.39 is 0 Å². The molecule has 1 radical (unpaired) electrons. The number of aliphatic hydroxyl groups is 2. The molecule has 2 N–H and O–H groups in total. The third-order valence-corrected chi connectivity index (χ3v) is 8.13. The van der Waals surface area contributed by atoms with Gasteiger partial charge in [0.25, 0.3) is 0 Å². The number of hydrogen-bond donors (Lipinski definition) is 2. The molecule has 0 amide bonds. The second-order valence-electron chi connectivity index (χ2n) is 10.2. The third kappa shape index (κ3) is 4.96. The molecule has 4 atom stereocenters. The molecule has 169 valence electrons. The first kappa shape index (κ1) is 24.5. The summed E-state index contributed by atoms with van der Waals surface area (Å²) in [6.07, 6.45) is 2.63. The Morgan fingerprint density at radius 3 is 2.32 bits per heavy atom. The van der Waals surface area contributed by atoms with E-state index >= 15 is 0 Å². The molecule has 1 heterocycles. The average Bonchev–Trinajstić information content (AvgIpc) is 3.25. The van der Waals surface area contributed by atoms with Crippen molar-refractivity contribution >= 4 is 21.6 Å². The Balaban J connectivity index is 0.000000170. The first-order valence-corrected chi connectivity index (χ1v) is 11.7. The first-order chi connectivity index (χ1) is 14.2. The van der Waals surface area contributed by atoms with Gasteiger partial charge in [-0.1, -0.05) is 39.8 Å². The van der Waals surface area contributed by atoms with Crippen molar-refractivity contribution in [2.75, 3.05) is 0 Å². The topological polar surface area (TPSA) is 53.4 Å². The summed E-state index contributed by atoms with van der Waals surface area (Å²) in [7, 11) is 0. The number of aliphatic hydroxyl groups excluding tert-OH is 2. The van der Waals surface area contributed by atoms with Crippen molar-refractivity contribution in [2.45, 2.75) is 59.2 Å². The van der Waals surface area contributed by atoms with E-state index in [2.05, 4.69) is 44.8 Å². The van der Waals surface area contributed by atoms with Gasteiger partial charge in [-0.2, -0.15) is 11.3 Å². The maximum absolute atomic E-state index is 10.3. The fourth-order valence-electron chi connectivity index (χ4n) is 5.18. The molecule has 5 rings (SSSR count). The Labute approximate surface area is 203 Å². The molecular formula is C26H32IrNO2S-. The molecule has 3 aromatic rings. The van der Waals surface area contributed by atoms with Crippen LogP contribution in [0.2, 0.25) is 0 Å². The number of rotatable bonds is 1. The van der Waals surface area contributed by atoms with E-state index in [-0.39, 0.29) is 49.1 Å². The van der Waals surface area contributed by atoms with E-state index in [0.29, 0.717) is 5.92 Å². The minimum absolute atomic E-state index is 0. The van der Waals surface area contributed by atoms with Crippen molar-refractivity contribution < 1.29 is 30.3 Å². The largest absolute Gasteiger partial charge is 0.392 e. The SMILES string of the molecule is CC1(C)CCC2CC(C)(C)C(O)C2C1O.[Ir].[c-]1ccccc1-c1nc2ccccc2s1. The van der Waals surface area contributed by atoms with Crippen LogP contribution in [0, 0.1) is 28.7 Å². The summed E-state index contributed by atoms with van der Waals surface area (Å²) in [6.45, 7) is 8.48. The summed E-state index contributed by atoms with van der Waals surface area (Å²) in [6, 6.07) is 19.3. The number of thiazole rings is 1. The van der Waals surface area contributed by atoms with Gasteiger partial charge in [0, 0.05) is 35.7 Å². The van der Waals surface area contributed by atoms with Gasteiger partial charge in [0.1, 0.15) is 0 Å². The van der Waals surface area contributed by atoms with Gasteiger partial charge in [0.2, 0.25) is 0 Å². The minimum atomic E-state index is -0.340. The van der Waals surface area contributed by atoms with E-state index in [0.717, 1.165) is 35.4 Å². The van der Waals surface area contributed by atoms with Gasteiger partial charge in [-0.05, 0) is 48.1 Å². The maximum atomic E-state index is 10.3. The molecule has 2 aromatic carbocycles. The van der Waals surface area contributed by atoms with Crippen LogP contribution in [0.15, 0.2) is 48.5 Å². The van der Waals surface area contributed by atoms with E-state index in [1.165, 1.54) is 4.70 Å². The van der Waals surface area contributed by atoms with Crippen LogP contribution in [-0.2, 0) is 20.1 Å². The Morgan fingerprint density at radius 1 is 0.968 bits per heavy atom. The van der Waals surface area contributed by atoms with Crippen molar-refractivity contribution in [3.63, 3.8) is 0 Å². The standard InChI is InChI=1S/C13H8NS.C13H24O2.Ir/c1-2-6-10(7-3-1)13-14-11-8-4-5-9-12(11)15-13;1-12(2)6-5-8-7-13(3,4)11(15)9(8)10(12)14;/h1-6,8-9H;8-11,14-15H,5-7H2,1-4H3;/q-1;;. The monoisotopic (exact) mass is 615 g/mol. The summed E-state index contributed by atoms with van der Waals surface area (Å²) >= 11 is 1.71. The summed E-state index contributed by atoms with van der Waals surface area (Å²) in [5.74, 6) is 0.627. The van der Waals surface area contributed by atoms with Crippen LogP contribution in [0.5, 0.6) is 0 Å². The molecule has 1 aromatic heterocycles. The number of para-hydroxylation sites is 1. The second-order valence-corrected chi connectivity index (χ2v) is 11.2. The molecule has 5 heteroatoms. The normalized spacial score (nSPS) is 28.2. The molecule has 0 aliphatic heterocycles. The van der Waals surface area contributed by atoms with Crippen LogP contribution < -0.4 is 0 Å². The number of nitrogens with zero attached hydrogens (tertiary/aromatic N) is 1. The predicted octanol–water partition coefficient (Wildman–Crippen LogP) is 5.95. The minimum Gasteiger partial charge on any atom is -0.392 e. The molecule has 2 saturated carbocycles. The Hall–Kier alpha value is -1.10. The van der Waals surface area contributed by atoms with Gasteiger partial charge in [0.15, 0.2) is 0 Å². The van der Waals surface area contributed by atoms with Crippen molar-refractivity contribution in [1.82, 2.24) is 4.98 Å². The van der Waals surface area contributed by atoms with Gasteiger partial charge in [0.05, 0.1) is 17.7 Å². The quantitative estimate of drug-likeness (QED) is 0.333. The molecule has 2 aliphatic carbocycles. The van der Waals surface area contributed by atoms with Crippen LogP contribution in [-0.4, -0.2) is 27.4 Å². The Bertz CT molecular complexity index is 966. The fourth-order valence-corrected chi connectivity index (χ4v) is 6.13. The Kier molecular flexibility index (Phi) is 7.45. The van der Waals surface area contributed by atoms with Crippen molar-refractivity contribution in [2.24, 2.45) is 22.7 Å². The molecule has 4 unspecified atom stereocenters. The number of fused-ring (bicyclic) bond motifs is 2. The molecule has 0 spiro atoms. The van der Waals surface area contributed by atoms with Crippen molar-refractivity contribution in [1.29, 1.82) is 0 Å². The van der Waals surface area contributed by atoms with E-state index in [1.807, 2.05) is 42.5 Å². The summed E-state index contributed by atoms with van der Waals surface area (Å²) in [5.41, 5.74) is 2.09. The van der Waals surface area contributed by atoms with Gasteiger partial charge < -0.3 is 10.2 Å². The van der Waals surface area contributed by atoms with Crippen LogP contribution in [0.4, 0.5) is 0 Å². The van der Waals surface area contributed by atoms with Gasteiger partial charge in [-0.15, -0.1) is 35.9 Å². The zero-order valence-electron chi connectivity index (χ0n) is 18.6. The fraction of sp³-hybridized carbons (Fsp3) is 0.500. The van der Waals surface area contributed by atoms with Crippen LogP contribution >= 0.6 is 11.3 Å². The molecular weight excluding hydrogens is 583 g/mol. The number of benzene rings is 2. The molecule has 3 nitrogen and oxygen atoms in total. The Morgan fingerprint density at radius 2 is 1.65 bits per heavy atom. The number of aromatic nitrogens is 1. The van der Waals surface area contributed by atoms with Crippen LogP contribution in [0.1, 0.15) is 47.0 Å². The van der Waals surface area contributed by atoms with Crippen LogP contribution in [0.25, 0.3) is 20.8 Å². The molecule has 2 fully saturated rings. The summed E-state index contributed by atoms with van der Waals surface area (Å²) in [5, 5.41) is 21.7. The summed E-state index contributed by atoms with van der Waals surface area (Å²) < 4.78 is 1.23. The smallest absolute Gasteiger partial charge is 0.0697 e. The van der Waals surface area contributed by atoms with E-state index in [1.54, 1.807) is 11.3 Å². The molecule has 31 heavy (non-hydrogen) atoms. The molecule has 2 aliphatic rings. The first-order valence-electron chi connectivity index (χ1n) is 10.9. The van der Waals surface area contributed by atoms with Crippen molar-refractivity contribution in [3.05, 3.63) is 54.6 Å². The van der Waals surface area contributed by atoms with Crippen molar-refractivity contribution in [3.8, 4) is 10.6 Å². The van der Waals surface area contributed by atoms with Gasteiger partial charge in [-0.3, -0.25) is 4.98 Å². The van der Waals surface area contributed by atoms with Gasteiger partial charge >= 0.3 is 0 Å². The zero-order chi connectivity index (χ0) is 21.5. The maximum Gasteiger partial charge on any atom is 0.0697 e.